The fourth-order valence-electron chi connectivity index (χ4n) is 2.80. The van der Waals surface area contributed by atoms with Gasteiger partial charge in [-0.2, -0.15) is 0 Å². The molecule has 7 heteroatoms. The normalized spacial score (nSPS) is 16.0. The van der Waals surface area contributed by atoms with Crippen LogP contribution in [0.25, 0.3) is 6.08 Å². The Bertz CT molecular complexity index is 640. The number of unbranched alkanes of at least 4 members (excludes halogenated alkanes) is 7. The van der Waals surface area contributed by atoms with E-state index < -0.39 is 5.97 Å². The number of hydrogen-bond acceptors (Lipinski definition) is 5. The van der Waals surface area contributed by atoms with Crippen LogP contribution in [0.2, 0.25) is 0 Å². The minimum absolute atomic E-state index is 0.0326. The van der Waals surface area contributed by atoms with Gasteiger partial charge in [-0.1, -0.05) is 62.5 Å². The third-order valence-electron chi connectivity index (χ3n) is 4.21. The summed E-state index contributed by atoms with van der Waals surface area (Å²) in [6.45, 7) is 0.665. The zero-order chi connectivity index (χ0) is 18.8. The molecule has 5 nitrogen and oxygen atoms in total. The van der Waals surface area contributed by atoms with Gasteiger partial charge in [0.1, 0.15) is 10.1 Å². The van der Waals surface area contributed by atoms with Gasteiger partial charge in [0, 0.05) is 19.0 Å². The Morgan fingerprint density at radius 1 is 1.15 bits per heavy atom. The van der Waals surface area contributed by atoms with E-state index in [4.69, 9.17) is 21.7 Å². The van der Waals surface area contributed by atoms with E-state index in [9.17, 15) is 9.59 Å². The van der Waals surface area contributed by atoms with Gasteiger partial charge in [0.05, 0.1) is 11.2 Å². The van der Waals surface area contributed by atoms with Crippen LogP contribution in [0.3, 0.4) is 0 Å². The van der Waals surface area contributed by atoms with Crippen molar-refractivity contribution in [3.63, 3.8) is 0 Å². The number of furan rings is 1. The van der Waals surface area contributed by atoms with Crippen molar-refractivity contribution < 1.29 is 19.1 Å². The van der Waals surface area contributed by atoms with Gasteiger partial charge in [-0.3, -0.25) is 14.5 Å². The number of aliphatic carboxylic acids is 1. The van der Waals surface area contributed by atoms with Crippen molar-refractivity contribution in [1.29, 1.82) is 0 Å². The van der Waals surface area contributed by atoms with E-state index in [1.54, 1.807) is 23.3 Å². The fourth-order valence-corrected chi connectivity index (χ4v) is 4.09. The average molecular weight is 396 g/mol. The molecule has 0 aliphatic carbocycles. The zero-order valence-electron chi connectivity index (χ0n) is 14.8. The Labute approximate surface area is 163 Å². The quantitative estimate of drug-likeness (QED) is 0.302. The van der Waals surface area contributed by atoms with Crippen molar-refractivity contribution in [1.82, 2.24) is 4.90 Å². The van der Waals surface area contributed by atoms with Gasteiger partial charge < -0.3 is 9.52 Å². The standard InChI is InChI=1S/C19H25NO4S2/c21-17(22)11-7-5-3-1-2-4-6-8-12-20-18(23)16(26-19(20)25)14-15-10-9-13-24-15/h9-10,13-14H,1-8,11-12H2,(H,21,22). The van der Waals surface area contributed by atoms with Gasteiger partial charge >= 0.3 is 5.97 Å². The molecule has 0 spiro atoms. The lowest BCUT2D eigenvalue weighted by Gasteiger charge is -2.14. The van der Waals surface area contributed by atoms with Crippen molar-refractivity contribution >= 4 is 46.3 Å². The first-order valence-electron chi connectivity index (χ1n) is 9.08. The lowest BCUT2D eigenvalue weighted by atomic mass is 10.1. The molecule has 1 aliphatic heterocycles. The predicted octanol–water partition coefficient (Wildman–Crippen LogP) is 5.08. The van der Waals surface area contributed by atoms with Crippen LogP contribution >= 0.6 is 24.0 Å². The average Bonchev–Trinajstić information content (AvgIpc) is 3.19. The summed E-state index contributed by atoms with van der Waals surface area (Å²) < 4.78 is 5.87. The number of amides is 1. The summed E-state index contributed by atoms with van der Waals surface area (Å²) in [5, 5.41) is 8.57. The highest BCUT2D eigenvalue weighted by Gasteiger charge is 2.31. The molecule has 1 aromatic heterocycles. The minimum atomic E-state index is -0.709. The first-order chi connectivity index (χ1) is 12.6. The fraction of sp³-hybridized carbons (Fsp3) is 0.526. The number of thiocarbonyl (C=S) groups is 1. The number of thioether (sulfide) groups is 1. The highest BCUT2D eigenvalue weighted by molar-refractivity contribution is 8.26. The second-order valence-electron chi connectivity index (χ2n) is 6.32. The molecule has 1 aliphatic rings. The van der Waals surface area contributed by atoms with Crippen molar-refractivity contribution in [3.8, 4) is 0 Å². The van der Waals surface area contributed by atoms with E-state index in [0.717, 1.165) is 51.4 Å². The van der Waals surface area contributed by atoms with Crippen molar-refractivity contribution in [2.75, 3.05) is 6.54 Å². The highest BCUT2D eigenvalue weighted by atomic mass is 32.2. The third-order valence-corrected chi connectivity index (χ3v) is 5.59. The number of carbonyl (C=O) groups is 2. The molecule has 0 bridgehead atoms. The third kappa shape index (κ3) is 6.96. The van der Waals surface area contributed by atoms with Crippen LogP contribution in [0, 0.1) is 0 Å². The first kappa shape index (κ1) is 20.7. The molecule has 1 aromatic rings. The topological polar surface area (TPSA) is 70.8 Å². The maximum Gasteiger partial charge on any atom is 0.303 e. The smallest absolute Gasteiger partial charge is 0.303 e. The first-order valence-corrected chi connectivity index (χ1v) is 10.3. The van der Waals surface area contributed by atoms with Crippen LogP contribution in [0.1, 0.15) is 63.5 Å². The van der Waals surface area contributed by atoms with Crippen LogP contribution in [0.15, 0.2) is 27.7 Å². The maximum atomic E-state index is 12.4. The largest absolute Gasteiger partial charge is 0.481 e. The minimum Gasteiger partial charge on any atom is -0.481 e. The molecule has 1 amide bonds. The summed E-state index contributed by atoms with van der Waals surface area (Å²) in [4.78, 5) is 25.1. The lowest BCUT2D eigenvalue weighted by molar-refractivity contribution is -0.137. The number of nitrogens with zero attached hydrogens (tertiary/aromatic N) is 1. The number of hydrogen-bond donors (Lipinski definition) is 1. The SMILES string of the molecule is O=C(O)CCCCCCCCCCN1C(=O)C(=Cc2ccco2)SC1=S. The molecule has 1 N–H and O–H groups in total. The predicted molar refractivity (Wildman–Crippen MR) is 108 cm³/mol. The molecule has 0 radical (unpaired) electrons. The van der Waals surface area contributed by atoms with E-state index >= 15 is 0 Å². The number of carboxylic acids is 1. The highest BCUT2D eigenvalue weighted by Crippen LogP contribution is 2.32. The van der Waals surface area contributed by atoms with Crippen molar-refractivity contribution in [2.24, 2.45) is 0 Å². The van der Waals surface area contributed by atoms with Gasteiger partial charge in [-0.25, -0.2) is 0 Å². The summed E-state index contributed by atoms with van der Waals surface area (Å²) >= 11 is 6.65. The Kier molecular flexibility index (Phi) is 8.91. The number of carboxylic acid groups (broad SMARTS) is 1. The number of carbonyl (C=O) groups excluding carboxylic acids is 1. The van der Waals surface area contributed by atoms with Gasteiger partial charge in [0.15, 0.2) is 0 Å². The Balaban J connectivity index is 1.57. The Hall–Kier alpha value is -1.60. The summed E-state index contributed by atoms with van der Waals surface area (Å²) in [7, 11) is 0. The number of rotatable bonds is 12. The van der Waals surface area contributed by atoms with Crippen LogP contribution in [0.4, 0.5) is 0 Å². The van der Waals surface area contributed by atoms with Gasteiger partial charge in [-0.15, -0.1) is 0 Å². The van der Waals surface area contributed by atoms with E-state index in [0.29, 0.717) is 21.5 Å². The molecule has 142 valence electrons. The van der Waals surface area contributed by atoms with E-state index in [1.165, 1.54) is 11.8 Å². The molecular weight excluding hydrogens is 370 g/mol. The molecule has 2 heterocycles. The second kappa shape index (κ2) is 11.2. The van der Waals surface area contributed by atoms with Crippen molar-refractivity contribution in [2.45, 2.75) is 57.8 Å². The molecular formula is C19H25NO4S2. The maximum absolute atomic E-state index is 12.4. The van der Waals surface area contributed by atoms with Crippen LogP contribution < -0.4 is 0 Å². The molecule has 2 rings (SSSR count). The van der Waals surface area contributed by atoms with E-state index in [-0.39, 0.29) is 12.3 Å². The van der Waals surface area contributed by atoms with E-state index in [2.05, 4.69) is 0 Å². The molecule has 1 saturated heterocycles. The molecule has 0 atom stereocenters. The van der Waals surface area contributed by atoms with E-state index in [1.807, 2.05) is 6.07 Å². The molecule has 0 aromatic carbocycles. The molecule has 0 saturated carbocycles. The Morgan fingerprint density at radius 3 is 2.42 bits per heavy atom. The monoisotopic (exact) mass is 395 g/mol. The van der Waals surface area contributed by atoms with Gasteiger partial charge in [-0.05, 0) is 25.0 Å². The van der Waals surface area contributed by atoms with Crippen LogP contribution in [-0.2, 0) is 9.59 Å². The Morgan fingerprint density at radius 2 is 1.81 bits per heavy atom. The van der Waals surface area contributed by atoms with Gasteiger partial charge in [0.2, 0.25) is 0 Å². The summed E-state index contributed by atoms with van der Waals surface area (Å²) in [6, 6.07) is 3.60. The molecule has 26 heavy (non-hydrogen) atoms. The summed E-state index contributed by atoms with van der Waals surface area (Å²) in [5.41, 5.74) is 0. The summed E-state index contributed by atoms with van der Waals surface area (Å²) in [6.07, 6.45) is 11.9. The van der Waals surface area contributed by atoms with Crippen LogP contribution in [0.5, 0.6) is 0 Å². The van der Waals surface area contributed by atoms with Gasteiger partial charge in [0.25, 0.3) is 5.91 Å². The second-order valence-corrected chi connectivity index (χ2v) is 8.00. The summed E-state index contributed by atoms with van der Waals surface area (Å²) in [5.74, 6) is -0.0802. The van der Waals surface area contributed by atoms with Crippen molar-refractivity contribution in [3.05, 3.63) is 29.1 Å². The lowest BCUT2D eigenvalue weighted by Crippen LogP contribution is -2.28. The zero-order valence-corrected chi connectivity index (χ0v) is 16.4. The van der Waals surface area contributed by atoms with Crippen LogP contribution in [-0.4, -0.2) is 32.7 Å². The molecule has 0 unspecified atom stereocenters. The molecule has 1 fully saturated rings.